The monoisotopic (exact) mass is 294 g/mol. The average Bonchev–Trinajstić information content (AvgIpc) is 2.37. The van der Waals surface area contributed by atoms with Crippen molar-refractivity contribution in [2.75, 3.05) is 24.5 Å². The molecule has 2 rings (SSSR count). The van der Waals surface area contributed by atoms with Crippen LogP contribution < -0.4 is 10.2 Å². The summed E-state index contributed by atoms with van der Waals surface area (Å²) in [5.74, 6) is 1.52. The van der Waals surface area contributed by atoms with Crippen molar-refractivity contribution in [3.8, 4) is 0 Å². The second-order valence-electron chi connectivity index (χ2n) is 6.34. The highest BCUT2D eigenvalue weighted by molar-refractivity contribution is 6.31. The van der Waals surface area contributed by atoms with E-state index in [-0.39, 0.29) is 0 Å². The molecule has 0 spiro atoms. The van der Waals surface area contributed by atoms with Crippen LogP contribution in [0.4, 0.5) is 5.69 Å². The molecule has 3 atom stereocenters. The molecular weight excluding hydrogens is 268 g/mol. The third-order valence-electron chi connectivity index (χ3n) is 4.19. The van der Waals surface area contributed by atoms with Crippen LogP contribution in [0, 0.1) is 11.8 Å². The van der Waals surface area contributed by atoms with Gasteiger partial charge in [0.15, 0.2) is 0 Å². The van der Waals surface area contributed by atoms with E-state index in [0.717, 1.165) is 36.5 Å². The number of benzene rings is 1. The Kier molecular flexibility index (Phi) is 5.34. The first-order valence-electron chi connectivity index (χ1n) is 7.79. The second-order valence-corrected chi connectivity index (χ2v) is 6.74. The van der Waals surface area contributed by atoms with Gasteiger partial charge in [-0.25, -0.2) is 0 Å². The van der Waals surface area contributed by atoms with E-state index in [1.807, 2.05) is 0 Å². The minimum atomic E-state index is 0.306. The molecule has 1 saturated heterocycles. The molecule has 0 amide bonds. The summed E-state index contributed by atoms with van der Waals surface area (Å²) >= 11 is 6.49. The summed E-state index contributed by atoms with van der Waals surface area (Å²) < 4.78 is 0. The fourth-order valence-corrected chi connectivity index (χ4v) is 3.69. The van der Waals surface area contributed by atoms with Gasteiger partial charge >= 0.3 is 0 Å². The molecule has 1 aromatic carbocycles. The van der Waals surface area contributed by atoms with Crippen molar-refractivity contribution in [3.63, 3.8) is 0 Å². The number of piperidine rings is 1. The molecule has 1 aliphatic heterocycles. The number of nitrogens with zero attached hydrogens (tertiary/aromatic N) is 1. The van der Waals surface area contributed by atoms with E-state index < -0.39 is 0 Å². The molecule has 1 aliphatic rings. The summed E-state index contributed by atoms with van der Waals surface area (Å²) in [7, 11) is 0. The first kappa shape index (κ1) is 15.7. The predicted octanol–water partition coefficient (Wildman–Crippen LogP) is 4.49. The van der Waals surface area contributed by atoms with Gasteiger partial charge in [-0.1, -0.05) is 38.4 Å². The highest BCUT2D eigenvalue weighted by atomic mass is 35.5. The van der Waals surface area contributed by atoms with E-state index in [4.69, 9.17) is 11.6 Å². The number of hydrogen-bond donors (Lipinski definition) is 1. The summed E-state index contributed by atoms with van der Waals surface area (Å²) in [5, 5.41) is 4.29. The van der Waals surface area contributed by atoms with Crippen LogP contribution in [-0.2, 0) is 0 Å². The Bertz CT molecular complexity index is 437. The van der Waals surface area contributed by atoms with Crippen LogP contribution >= 0.6 is 11.6 Å². The Morgan fingerprint density at radius 2 is 1.95 bits per heavy atom. The minimum absolute atomic E-state index is 0.306. The molecule has 112 valence electrons. The second kappa shape index (κ2) is 6.82. The molecule has 1 fully saturated rings. The molecule has 0 bridgehead atoms. The Labute approximate surface area is 128 Å². The fourth-order valence-electron chi connectivity index (χ4n) is 3.35. The van der Waals surface area contributed by atoms with Gasteiger partial charge in [0.25, 0.3) is 0 Å². The zero-order valence-electron chi connectivity index (χ0n) is 13.1. The van der Waals surface area contributed by atoms with Gasteiger partial charge < -0.3 is 10.2 Å². The lowest BCUT2D eigenvalue weighted by Crippen LogP contribution is -2.38. The van der Waals surface area contributed by atoms with E-state index >= 15 is 0 Å². The highest BCUT2D eigenvalue weighted by Gasteiger charge is 2.22. The third kappa shape index (κ3) is 3.67. The van der Waals surface area contributed by atoms with Crippen molar-refractivity contribution in [2.24, 2.45) is 11.8 Å². The molecule has 20 heavy (non-hydrogen) atoms. The molecule has 1 aromatic rings. The van der Waals surface area contributed by atoms with Crippen LogP contribution in [0.25, 0.3) is 0 Å². The molecule has 1 N–H and O–H groups in total. The predicted molar refractivity (Wildman–Crippen MR) is 88.7 cm³/mol. The molecule has 1 heterocycles. The van der Waals surface area contributed by atoms with Crippen molar-refractivity contribution < 1.29 is 0 Å². The van der Waals surface area contributed by atoms with Gasteiger partial charge in [-0.3, -0.25) is 0 Å². The first-order chi connectivity index (χ1) is 9.51. The van der Waals surface area contributed by atoms with Crippen LogP contribution in [-0.4, -0.2) is 19.6 Å². The van der Waals surface area contributed by atoms with Crippen molar-refractivity contribution in [1.82, 2.24) is 5.32 Å². The summed E-state index contributed by atoms with van der Waals surface area (Å²) in [6, 6.07) is 6.84. The number of halogens is 1. The van der Waals surface area contributed by atoms with E-state index in [1.165, 1.54) is 17.7 Å². The Morgan fingerprint density at radius 1 is 1.30 bits per heavy atom. The quantitative estimate of drug-likeness (QED) is 0.880. The van der Waals surface area contributed by atoms with Gasteiger partial charge in [0.1, 0.15) is 0 Å². The Hall–Kier alpha value is -0.730. The normalized spacial score (nSPS) is 24.8. The molecule has 0 aliphatic carbocycles. The molecule has 0 radical (unpaired) electrons. The molecule has 0 aromatic heterocycles. The van der Waals surface area contributed by atoms with E-state index in [0.29, 0.717) is 6.04 Å². The smallest absolute Gasteiger partial charge is 0.0474 e. The topological polar surface area (TPSA) is 15.3 Å². The van der Waals surface area contributed by atoms with Crippen molar-refractivity contribution in [3.05, 3.63) is 28.8 Å². The molecule has 3 unspecified atom stereocenters. The van der Waals surface area contributed by atoms with Crippen molar-refractivity contribution in [1.29, 1.82) is 0 Å². The maximum absolute atomic E-state index is 6.49. The number of hydrogen-bond acceptors (Lipinski definition) is 2. The van der Waals surface area contributed by atoms with Gasteiger partial charge in [0.05, 0.1) is 0 Å². The Morgan fingerprint density at radius 3 is 2.50 bits per heavy atom. The maximum atomic E-state index is 6.49. The van der Waals surface area contributed by atoms with Crippen LogP contribution in [0.5, 0.6) is 0 Å². The molecule has 2 nitrogen and oxygen atoms in total. The fraction of sp³-hybridized carbons (Fsp3) is 0.647. The van der Waals surface area contributed by atoms with Crippen LogP contribution in [0.15, 0.2) is 18.2 Å². The van der Waals surface area contributed by atoms with Crippen molar-refractivity contribution in [2.45, 2.75) is 40.2 Å². The number of rotatable bonds is 4. The van der Waals surface area contributed by atoms with E-state index in [9.17, 15) is 0 Å². The maximum Gasteiger partial charge on any atom is 0.0474 e. The van der Waals surface area contributed by atoms with Gasteiger partial charge in [0.2, 0.25) is 0 Å². The van der Waals surface area contributed by atoms with Crippen molar-refractivity contribution >= 4 is 17.3 Å². The summed E-state index contributed by atoms with van der Waals surface area (Å²) in [5.41, 5.74) is 2.45. The number of anilines is 1. The Balaban J connectivity index is 2.16. The third-order valence-corrected chi connectivity index (χ3v) is 4.52. The summed E-state index contributed by atoms with van der Waals surface area (Å²) in [4.78, 5) is 2.48. The van der Waals surface area contributed by atoms with Gasteiger partial charge in [0, 0.05) is 29.8 Å². The zero-order valence-corrected chi connectivity index (χ0v) is 13.9. The van der Waals surface area contributed by atoms with E-state index in [2.05, 4.69) is 56.1 Å². The van der Waals surface area contributed by atoms with Crippen LogP contribution in [0.3, 0.4) is 0 Å². The van der Waals surface area contributed by atoms with Crippen LogP contribution in [0.2, 0.25) is 5.02 Å². The standard InChI is InChI=1S/C17H27ClN2/c1-5-19-14(4)16-7-6-15(9-17(16)18)20-10-12(2)8-13(3)11-20/h6-7,9,12-14,19H,5,8,10-11H2,1-4H3. The number of nitrogens with one attached hydrogen (secondary N) is 1. The largest absolute Gasteiger partial charge is 0.371 e. The molecule has 0 saturated carbocycles. The zero-order chi connectivity index (χ0) is 14.7. The van der Waals surface area contributed by atoms with Gasteiger partial charge in [-0.15, -0.1) is 0 Å². The molecular formula is C17H27ClN2. The summed E-state index contributed by atoms with van der Waals surface area (Å²) in [6.07, 6.45) is 1.33. The lowest BCUT2D eigenvalue weighted by molar-refractivity contribution is 0.357. The molecule has 3 heteroatoms. The SMILES string of the molecule is CCNC(C)c1ccc(N2CC(C)CC(C)C2)cc1Cl. The minimum Gasteiger partial charge on any atom is -0.371 e. The highest BCUT2D eigenvalue weighted by Crippen LogP contribution is 2.31. The summed E-state index contributed by atoms with van der Waals surface area (Å²) in [6.45, 7) is 12.2. The van der Waals surface area contributed by atoms with Gasteiger partial charge in [-0.05, 0) is 49.4 Å². The van der Waals surface area contributed by atoms with E-state index in [1.54, 1.807) is 0 Å². The average molecular weight is 295 g/mol. The lowest BCUT2D eigenvalue weighted by atomic mass is 9.91. The lowest BCUT2D eigenvalue weighted by Gasteiger charge is -2.37. The first-order valence-corrected chi connectivity index (χ1v) is 8.16. The van der Waals surface area contributed by atoms with Gasteiger partial charge in [-0.2, -0.15) is 0 Å². The van der Waals surface area contributed by atoms with Crippen LogP contribution in [0.1, 0.15) is 45.7 Å².